The first-order chi connectivity index (χ1) is 8.81. The number of nitrogens with zero attached hydrogens (tertiary/aromatic N) is 2. The number of nitrogens with one attached hydrogen (secondary N) is 1. The maximum Gasteiger partial charge on any atom is 0.343 e. The van der Waals surface area contributed by atoms with Gasteiger partial charge in [-0.2, -0.15) is 5.01 Å². The third-order valence-electron chi connectivity index (χ3n) is 2.63. The highest BCUT2D eigenvalue weighted by molar-refractivity contribution is 5.94. The predicted octanol–water partition coefficient (Wildman–Crippen LogP) is 0.924. The van der Waals surface area contributed by atoms with Crippen molar-refractivity contribution in [3.8, 4) is 0 Å². The largest absolute Gasteiger partial charge is 0.379 e. The SMILES string of the molecule is O=CN(C(=O)Nc1ccccc1)N1CCOCC1. The van der Waals surface area contributed by atoms with Crippen LogP contribution in [0.5, 0.6) is 0 Å². The molecule has 0 aliphatic carbocycles. The number of hydrogen-bond acceptors (Lipinski definition) is 4. The highest BCUT2D eigenvalue weighted by atomic mass is 16.5. The van der Waals surface area contributed by atoms with E-state index >= 15 is 0 Å². The zero-order chi connectivity index (χ0) is 12.8. The molecule has 2 rings (SSSR count). The van der Waals surface area contributed by atoms with Crippen molar-refractivity contribution in [2.45, 2.75) is 0 Å². The molecule has 1 N–H and O–H groups in total. The van der Waals surface area contributed by atoms with Gasteiger partial charge in [0, 0.05) is 18.8 Å². The van der Waals surface area contributed by atoms with E-state index in [2.05, 4.69) is 5.32 Å². The number of para-hydroxylation sites is 1. The Morgan fingerprint density at radius 3 is 2.56 bits per heavy atom. The molecule has 96 valence electrons. The molecule has 1 aromatic carbocycles. The average Bonchev–Trinajstić information content (AvgIpc) is 2.42. The second-order valence-electron chi connectivity index (χ2n) is 3.81. The van der Waals surface area contributed by atoms with Crippen LogP contribution in [0.2, 0.25) is 0 Å². The van der Waals surface area contributed by atoms with Crippen molar-refractivity contribution in [1.29, 1.82) is 0 Å². The lowest BCUT2D eigenvalue weighted by atomic mass is 10.3. The average molecular weight is 249 g/mol. The lowest BCUT2D eigenvalue weighted by molar-refractivity contribution is -0.132. The summed E-state index contributed by atoms with van der Waals surface area (Å²) in [5.41, 5.74) is 0.655. The van der Waals surface area contributed by atoms with Gasteiger partial charge in [-0.1, -0.05) is 18.2 Å². The van der Waals surface area contributed by atoms with Crippen LogP contribution in [0.1, 0.15) is 0 Å². The number of ether oxygens (including phenoxy) is 1. The number of carbonyl (C=O) groups is 2. The number of imide groups is 1. The molecule has 0 spiro atoms. The molecule has 3 amide bonds. The molecule has 6 heteroatoms. The summed E-state index contributed by atoms with van der Waals surface area (Å²) in [5, 5.41) is 5.38. The van der Waals surface area contributed by atoms with Gasteiger partial charge >= 0.3 is 6.03 Å². The molecule has 1 aromatic rings. The van der Waals surface area contributed by atoms with Gasteiger partial charge in [-0.15, -0.1) is 0 Å². The van der Waals surface area contributed by atoms with Gasteiger partial charge in [-0.25, -0.2) is 9.80 Å². The van der Waals surface area contributed by atoms with Crippen molar-refractivity contribution in [2.24, 2.45) is 0 Å². The summed E-state index contributed by atoms with van der Waals surface area (Å²) < 4.78 is 5.18. The molecule has 1 saturated heterocycles. The molecular formula is C12H15N3O3. The van der Waals surface area contributed by atoms with Crippen molar-refractivity contribution in [1.82, 2.24) is 10.0 Å². The number of anilines is 1. The molecule has 1 aliphatic rings. The van der Waals surface area contributed by atoms with Crippen LogP contribution < -0.4 is 5.32 Å². The van der Waals surface area contributed by atoms with Crippen molar-refractivity contribution in [2.75, 3.05) is 31.6 Å². The van der Waals surface area contributed by atoms with E-state index in [1.54, 1.807) is 17.1 Å². The van der Waals surface area contributed by atoms with E-state index in [4.69, 9.17) is 4.74 Å². The summed E-state index contributed by atoms with van der Waals surface area (Å²) >= 11 is 0. The third kappa shape index (κ3) is 3.06. The van der Waals surface area contributed by atoms with E-state index in [9.17, 15) is 9.59 Å². The van der Waals surface area contributed by atoms with Gasteiger partial charge in [-0.3, -0.25) is 4.79 Å². The number of hydrazine groups is 1. The molecule has 1 fully saturated rings. The Balaban J connectivity index is 1.99. The van der Waals surface area contributed by atoms with Crippen LogP contribution in [-0.2, 0) is 9.53 Å². The van der Waals surface area contributed by atoms with Crippen molar-refractivity contribution >= 4 is 18.1 Å². The van der Waals surface area contributed by atoms with E-state index in [0.717, 1.165) is 5.01 Å². The summed E-state index contributed by atoms with van der Waals surface area (Å²) in [4.78, 5) is 23.0. The molecule has 0 atom stereocenters. The van der Waals surface area contributed by atoms with Crippen molar-refractivity contribution < 1.29 is 14.3 Å². The summed E-state index contributed by atoms with van der Waals surface area (Å²) in [6.07, 6.45) is 0.517. The van der Waals surface area contributed by atoms with Gasteiger partial charge in [-0.05, 0) is 12.1 Å². The Labute approximate surface area is 105 Å². The van der Waals surface area contributed by atoms with Gasteiger partial charge in [0.15, 0.2) is 0 Å². The first kappa shape index (κ1) is 12.5. The molecule has 0 unspecified atom stereocenters. The Hall–Kier alpha value is -1.92. The number of benzene rings is 1. The van der Waals surface area contributed by atoms with Gasteiger partial charge < -0.3 is 10.1 Å². The second-order valence-corrected chi connectivity index (χ2v) is 3.81. The number of urea groups is 1. The highest BCUT2D eigenvalue weighted by Crippen LogP contribution is 2.08. The number of amides is 3. The van der Waals surface area contributed by atoms with Gasteiger partial charge in [0.05, 0.1) is 13.2 Å². The van der Waals surface area contributed by atoms with Gasteiger partial charge in [0.1, 0.15) is 0 Å². The van der Waals surface area contributed by atoms with Crippen molar-refractivity contribution in [3.63, 3.8) is 0 Å². The van der Waals surface area contributed by atoms with Crippen LogP contribution in [0.25, 0.3) is 0 Å². The number of carbonyl (C=O) groups excluding carboxylic acids is 2. The molecule has 18 heavy (non-hydrogen) atoms. The fraction of sp³-hybridized carbons (Fsp3) is 0.333. The minimum Gasteiger partial charge on any atom is -0.379 e. The first-order valence-electron chi connectivity index (χ1n) is 5.74. The topological polar surface area (TPSA) is 61.9 Å². The molecule has 0 radical (unpaired) electrons. The summed E-state index contributed by atoms with van der Waals surface area (Å²) in [6.45, 7) is 2.09. The lowest BCUT2D eigenvalue weighted by Crippen LogP contribution is -2.52. The number of hydrogen-bond donors (Lipinski definition) is 1. The van der Waals surface area contributed by atoms with Crippen LogP contribution in [0.4, 0.5) is 10.5 Å². The van der Waals surface area contributed by atoms with Gasteiger partial charge in [0.25, 0.3) is 0 Å². The Kier molecular flexibility index (Phi) is 4.27. The van der Waals surface area contributed by atoms with E-state index in [0.29, 0.717) is 38.4 Å². The monoisotopic (exact) mass is 249 g/mol. The molecular weight excluding hydrogens is 234 g/mol. The predicted molar refractivity (Wildman–Crippen MR) is 65.8 cm³/mol. The second kappa shape index (κ2) is 6.13. The van der Waals surface area contributed by atoms with Crippen LogP contribution in [0, 0.1) is 0 Å². The fourth-order valence-electron chi connectivity index (χ4n) is 1.71. The fourth-order valence-corrected chi connectivity index (χ4v) is 1.71. The first-order valence-corrected chi connectivity index (χ1v) is 5.74. The summed E-state index contributed by atoms with van der Waals surface area (Å²) in [6, 6.07) is 8.55. The van der Waals surface area contributed by atoms with E-state index in [-0.39, 0.29) is 0 Å². The maximum absolute atomic E-state index is 11.9. The Morgan fingerprint density at radius 2 is 1.94 bits per heavy atom. The highest BCUT2D eigenvalue weighted by Gasteiger charge is 2.22. The molecule has 1 aliphatic heterocycles. The van der Waals surface area contributed by atoms with Crippen LogP contribution in [0.3, 0.4) is 0 Å². The van der Waals surface area contributed by atoms with E-state index < -0.39 is 6.03 Å². The minimum atomic E-state index is -0.460. The van der Waals surface area contributed by atoms with E-state index in [1.165, 1.54) is 0 Å². The molecule has 6 nitrogen and oxygen atoms in total. The Bertz CT molecular complexity index is 404. The van der Waals surface area contributed by atoms with Crippen molar-refractivity contribution in [3.05, 3.63) is 30.3 Å². The molecule has 0 aromatic heterocycles. The zero-order valence-electron chi connectivity index (χ0n) is 9.91. The standard InChI is InChI=1S/C12H15N3O3/c16-10-15(14-6-8-18-9-7-14)12(17)13-11-4-2-1-3-5-11/h1-5,10H,6-9H2,(H,13,17). The third-order valence-corrected chi connectivity index (χ3v) is 2.63. The van der Waals surface area contributed by atoms with Gasteiger partial charge in [0.2, 0.25) is 6.41 Å². The molecule has 0 bridgehead atoms. The van der Waals surface area contributed by atoms with Crippen LogP contribution >= 0.6 is 0 Å². The number of rotatable bonds is 3. The zero-order valence-corrected chi connectivity index (χ0v) is 9.91. The normalized spacial score (nSPS) is 16.0. The van der Waals surface area contributed by atoms with Crippen LogP contribution in [-0.4, -0.2) is 48.8 Å². The molecule has 1 heterocycles. The Morgan fingerprint density at radius 1 is 1.28 bits per heavy atom. The number of morpholine rings is 1. The van der Waals surface area contributed by atoms with E-state index in [1.807, 2.05) is 18.2 Å². The smallest absolute Gasteiger partial charge is 0.343 e. The summed E-state index contributed by atoms with van der Waals surface area (Å²) in [7, 11) is 0. The van der Waals surface area contributed by atoms with Crippen LogP contribution in [0.15, 0.2) is 30.3 Å². The molecule has 0 saturated carbocycles. The maximum atomic E-state index is 11.9. The quantitative estimate of drug-likeness (QED) is 0.809. The lowest BCUT2D eigenvalue weighted by Gasteiger charge is -2.32. The minimum absolute atomic E-state index is 0.460. The summed E-state index contributed by atoms with van der Waals surface area (Å²) in [5.74, 6) is 0.